The van der Waals surface area contributed by atoms with Crippen LogP contribution in [0.15, 0.2) is 72.1 Å². The molecular weight excluding hydrogens is 368 g/mol. The van der Waals surface area contributed by atoms with E-state index in [1.165, 1.54) is 10.4 Å². The lowest BCUT2D eigenvalue weighted by molar-refractivity contribution is -0.134. The summed E-state index contributed by atoms with van der Waals surface area (Å²) in [6, 6.07) is 20.4. The van der Waals surface area contributed by atoms with Gasteiger partial charge in [-0.3, -0.25) is 9.59 Å². The number of nitrogens with one attached hydrogen (secondary N) is 1. The Morgan fingerprint density at radius 2 is 1.71 bits per heavy atom. The van der Waals surface area contributed by atoms with Crippen molar-refractivity contribution in [3.63, 3.8) is 0 Å². The first kappa shape index (κ1) is 18.4. The SMILES string of the molecule is O=C(N[C@H](Cc1ccccc1)C(=O)N1CCc2sccc2C1)c1ccccc1. The molecule has 0 spiro atoms. The highest BCUT2D eigenvalue weighted by Gasteiger charge is 2.29. The molecule has 1 aromatic heterocycles. The predicted molar refractivity (Wildman–Crippen MR) is 111 cm³/mol. The molecule has 2 amide bonds. The Kier molecular flexibility index (Phi) is 5.53. The van der Waals surface area contributed by atoms with Gasteiger partial charge in [0.2, 0.25) is 5.91 Å². The summed E-state index contributed by atoms with van der Waals surface area (Å²) in [5.41, 5.74) is 2.81. The molecule has 2 aromatic carbocycles. The third-order valence-corrected chi connectivity index (χ3v) is 6.06. The molecule has 28 heavy (non-hydrogen) atoms. The van der Waals surface area contributed by atoms with Crippen molar-refractivity contribution in [3.05, 3.63) is 93.7 Å². The second-order valence-corrected chi connectivity index (χ2v) is 7.96. The van der Waals surface area contributed by atoms with E-state index in [2.05, 4.69) is 16.8 Å². The van der Waals surface area contributed by atoms with Gasteiger partial charge in [-0.25, -0.2) is 0 Å². The van der Waals surface area contributed by atoms with Crippen LogP contribution in [0.5, 0.6) is 0 Å². The average molecular weight is 391 g/mol. The van der Waals surface area contributed by atoms with Crippen molar-refractivity contribution < 1.29 is 9.59 Å². The Morgan fingerprint density at radius 1 is 1.00 bits per heavy atom. The maximum absolute atomic E-state index is 13.3. The van der Waals surface area contributed by atoms with Crippen LogP contribution in [0.2, 0.25) is 0 Å². The topological polar surface area (TPSA) is 49.4 Å². The summed E-state index contributed by atoms with van der Waals surface area (Å²) in [4.78, 5) is 29.3. The van der Waals surface area contributed by atoms with Gasteiger partial charge in [0, 0.05) is 30.0 Å². The monoisotopic (exact) mass is 390 g/mol. The molecule has 1 aliphatic rings. The molecule has 1 aliphatic heterocycles. The van der Waals surface area contributed by atoms with Crippen LogP contribution in [0.3, 0.4) is 0 Å². The molecule has 0 fully saturated rings. The number of rotatable bonds is 5. The third-order valence-electron chi connectivity index (χ3n) is 5.04. The molecule has 0 saturated heterocycles. The fourth-order valence-corrected chi connectivity index (χ4v) is 4.43. The predicted octanol–water partition coefficient (Wildman–Crippen LogP) is 3.67. The van der Waals surface area contributed by atoms with Gasteiger partial charge >= 0.3 is 0 Å². The second kappa shape index (κ2) is 8.40. The van der Waals surface area contributed by atoms with Crippen molar-refractivity contribution >= 4 is 23.2 Å². The van der Waals surface area contributed by atoms with Crippen molar-refractivity contribution in [3.8, 4) is 0 Å². The van der Waals surface area contributed by atoms with Gasteiger partial charge in [0.1, 0.15) is 6.04 Å². The molecule has 4 nitrogen and oxygen atoms in total. The van der Waals surface area contributed by atoms with Crippen LogP contribution in [0.1, 0.15) is 26.4 Å². The zero-order valence-electron chi connectivity index (χ0n) is 15.5. The molecule has 2 heterocycles. The van der Waals surface area contributed by atoms with E-state index in [9.17, 15) is 9.59 Å². The van der Waals surface area contributed by atoms with Gasteiger partial charge in [-0.2, -0.15) is 0 Å². The summed E-state index contributed by atoms with van der Waals surface area (Å²) in [5, 5.41) is 5.05. The van der Waals surface area contributed by atoms with Gasteiger partial charge in [0.05, 0.1) is 0 Å². The Labute approximate surface area is 168 Å². The van der Waals surface area contributed by atoms with E-state index in [-0.39, 0.29) is 11.8 Å². The standard InChI is InChI=1S/C23H22N2O2S/c26-22(18-9-5-2-6-10-18)24-20(15-17-7-3-1-4-8-17)23(27)25-13-11-21-19(16-25)12-14-28-21/h1-10,12,14,20H,11,13,15-16H2,(H,24,26)/t20-/m1/s1. The largest absolute Gasteiger partial charge is 0.340 e. The van der Waals surface area contributed by atoms with Gasteiger partial charge < -0.3 is 10.2 Å². The number of benzene rings is 2. The van der Waals surface area contributed by atoms with Crippen molar-refractivity contribution in [1.29, 1.82) is 0 Å². The fraction of sp³-hybridized carbons (Fsp3) is 0.217. The summed E-state index contributed by atoms with van der Waals surface area (Å²) in [6.45, 7) is 1.31. The normalized spacial score (nSPS) is 14.2. The van der Waals surface area contributed by atoms with E-state index in [1.54, 1.807) is 23.5 Å². The third kappa shape index (κ3) is 4.15. The van der Waals surface area contributed by atoms with Crippen molar-refractivity contribution in [1.82, 2.24) is 10.2 Å². The summed E-state index contributed by atoms with van der Waals surface area (Å²) >= 11 is 1.75. The van der Waals surface area contributed by atoms with E-state index in [0.717, 1.165) is 12.0 Å². The molecule has 1 atom stereocenters. The Morgan fingerprint density at radius 3 is 2.46 bits per heavy atom. The smallest absolute Gasteiger partial charge is 0.251 e. The van der Waals surface area contributed by atoms with Crippen LogP contribution in [0.25, 0.3) is 0 Å². The van der Waals surface area contributed by atoms with Gasteiger partial charge in [-0.15, -0.1) is 11.3 Å². The summed E-state index contributed by atoms with van der Waals surface area (Å²) in [7, 11) is 0. The highest BCUT2D eigenvalue weighted by atomic mass is 32.1. The Balaban J connectivity index is 1.54. The Bertz CT molecular complexity index is 953. The zero-order chi connectivity index (χ0) is 19.3. The molecule has 0 radical (unpaired) electrons. The number of thiophene rings is 1. The number of fused-ring (bicyclic) bond motifs is 1. The molecule has 142 valence electrons. The first-order chi connectivity index (χ1) is 13.7. The van der Waals surface area contributed by atoms with E-state index in [4.69, 9.17) is 0 Å². The van der Waals surface area contributed by atoms with Crippen molar-refractivity contribution in [2.24, 2.45) is 0 Å². The number of hydrogen-bond donors (Lipinski definition) is 1. The van der Waals surface area contributed by atoms with Crippen LogP contribution in [0, 0.1) is 0 Å². The minimum absolute atomic E-state index is 0.0232. The number of nitrogens with zero attached hydrogens (tertiary/aromatic N) is 1. The van der Waals surface area contributed by atoms with Gasteiger partial charge in [-0.05, 0) is 41.1 Å². The first-order valence-corrected chi connectivity index (χ1v) is 10.3. The number of carbonyl (C=O) groups is 2. The molecule has 5 heteroatoms. The second-order valence-electron chi connectivity index (χ2n) is 6.96. The fourth-order valence-electron chi connectivity index (χ4n) is 3.54. The van der Waals surface area contributed by atoms with Crippen LogP contribution >= 0.6 is 11.3 Å². The van der Waals surface area contributed by atoms with Crippen LogP contribution in [0.4, 0.5) is 0 Å². The number of amides is 2. The van der Waals surface area contributed by atoms with Crippen molar-refractivity contribution in [2.75, 3.05) is 6.54 Å². The minimum atomic E-state index is -0.588. The summed E-state index contributed by atoms with van der Waals surface area (Å²) in [5.74, 6) is -0.243. The molecular formula is C23H22N2O2S. The van der Waals surface area contributed by atoms with E-state index in [1.807, 2.05) is 53.4 Å². The molecule has 3 aromatic rings. The average Bonchev–Trinajstić information content (AvgIpc) is 3.22. The first-order valence-electron chi connectivity index (χ1n) is 9.44. The number of hydrogen-bond acceptors (Lipinski definition) is 3. The highest BCUT2D eigenvalue weighted by Crippen LogP contribution is 2.24. The van der Waals surface area contributed by atoms with Crippen LogP contribution < -0.4 is 5.32 Å². The zero-order valence-corrected chi connectivity index (χ0v) is 16.3. The quantitative estimate of drug-likeness (QED) is 0.723. The van der Waals surface area contributed by atoms with E-state index in [0.29, 0.717) is 25.1 Å². The summed E-state index contributed by atoms with van der Waals surface area (Å²) in [6.07, 6.45) is 1.36. The number of carbonyl (C=O) groups excluding carboxylic acids is 2. The molecule has 4 rings (SSSR count). The molecule has 0 unspecified atom stereocenters. The maximum atomic E-state index is 13.3. The molecule has 0 saturated carbocycles. The lowest BCUT2D eigenvalue weighted by atomic mass is 10.0. The van der Waals surface area contributed by atoms with Crippen molar-refractivity contribution in [2.45, 2.75) is 25.4 Å². The van der Waals surface area contributed by atoms with E-state index >= 15 is 0 Å². The molecule has 1 N–H and O–H groups in total. The lowest BCUT2D eigenvalue weighted by Crippen LogP contribution is -2.50. The highest BCUT2D eigenvalue weighted by molar-refractivity contribution is 7.10. The lowest BCUT2D eigenvalue weighted by Gasteiger charge is -2.31. The molecule has 0 aliphatic carbocycles. The van der Waals surface area contributed by atoms with Gasteiger partial charge in [0.25, 0.3) is 5.91 Å². The maximum Gasteiger partial charge on any atom is 0.251 e. The van der Waals surface area contributed by atoms with Crippen LogP contribution in [-0.4, -0.2) is 29.3 Å². The Hall–Kier alpha value is -2.92. The summed E-state index contributed by atoms with van der Waals surface area (Å²) < 4.78 is 0. The minimum Gasteiger partial charge on any atom is -0.340 e. The van der Waals surface area contributed by atoms with E-state index < -0.39 is 6.04 Å². The van der Waals surface area contributed by atoms with Crippen LogP contribution in [-0.2, 0) is 24.2 Å². The van der Waals surface area contributed by atoms with Gasteiger partial charge in [-0.1, -0.05) is 48.5 Å². The van der Waals surface area contributed by atoms with Gasteiger partial charge in [0.15, 0.2) is 0 Å². The molecule has 0 bridgehead atoms.